The number of carbonyl (C=O) groups excluding carboxylic acids is 2. The van der Waals surface area contributed by atoms with Gasteiger partial charge < -0.3 is 4.74 Å². The van der Waals surface area contributed by atoms with Crippen LogP contribution in [0.15, 0.2) is 66.7 Å². The van der Waals surface area contributed by atoms with Crippen molar-refractivity contribution < 1.29 is 14.3 Å². The Bertz CT molecular complexity index is 1200. The molecule has 0 heterocycles. The van der Waals surface area contributed by atoms with Crippen LogP contribution in [0.3, 0.4) is 0 Å². The molecular weight excluding hydrogens is 360 g/mol. The molecule has 0 aliphatic rings. The summed E-state index contributed by atoms with van der Waals surface area (Å²) >= 11 is 0. The highest BCUT2D eigenvalue weighted by Crippen LogP contribution is 2.36. The van der Waals surface area contributed by atoms with Crippen molar-refractivity contribution in [2.45, 2.75) is 32.6 Å². The Balaban J connectivity index is 1.45. The van der Waals surface area contributed by atoms with Crippen molar-refractivity contribution in [2.24, 2.45) is 0 Å². The lowest BCUT2D eigenvalue weighted by molar-refractivity contribution is -0.144. The van der Waals surface area contributed by atoms with Crippen molar-refractivity contribution in [1.82, 2.24) is 0 Å². The molecule has 4 aromatic rings. The highest BCUT2D eigenvalue weighted by atomic mass is 16.5. The van der Waals surface area contributed by atoms with Gasteiger partial charge in [0.05, 0.1) is 6.61 Å². The Morgan fingerprint density at radius 2 is 1.52 bits per heavy atom. The SMILES string of the molecule is C=C(C)C(=O)CCOC(=O)CCCc1ccc2ccc3cccc4ccc1c2c34. The van der Waals surface area contributed by atoms with Crippen molar-refractivity contribution in [3.63, 3.8) is 0 Å². The van der Waals surface area contributed by atoms with E-state index in [1.54, 1.807) is 6.92 Å². The summed E-state index contributed by atoms with van der Waals surface area (Å²) in [6.45, 7) is 5.40. The molecule has 0 spiro atoms. The van der Waals surface area contributed by atoms with Gasteiger partial charge in [-0.1, -0.05) is 61.2 Å². The fourth-order valence-corrected chi connectivity index (χ4v) is 3.98. The Morgan fingerprint density at radius 3 is 2.24 bits per heavy atom. The average molecular weight is 384 g/mol. The van der Waals surface area contributed by atoms with Crippen LogP contribution in [0.2, 0.25) is 0 Å². The van der Waals surface area contributed by atoms with E-state index in [1.165, 1.54) is 37.9 Å². The van der Waals surface area contributed by atoms with E-state index < -0.39 is 0 Å². The molecule has 3 heteroatoms. The normalized spacial score (nSPS) is 11.3. The molecule has 0 saturated carbocycles. The Labute approximate surface area is 170 Å². The standard InChI is InChI=1S/C26H24O3/c1-17(2)23(27)15-16-29-24(28)8-4-5-18-9-10-21-12-11-19-6-3-7-20-13-14-22(18)26(21)25(19)20/h3,6-7,9-14H,1,4-5,8,15-16H2,2H3. The molecule has 3 nitrogen and oxygen atoms in total. The minimum Gasteiger partial charge on any atom is -0.465 e. The zero-order valence-electron chi connectivity index (χ0n) is 16.7. The summed E-state index contributed by atoms with van der Waals surface area (Å²) in [7, 11) is 0. The van der Waals surface area contributed by atoms with Gasteiger partial charge in [-0.05, 0) is 63.2 Å². The van der Waals surface area contributed by atoms with Crippen LogP contribution in [0.1, 0.15) is 31.7 Å². The van der Waals surface area contributed by atoms with Crippen molar-refractivity contribution >= 4 is 44.1 Å². The van der Waals surface area contributed by atoms with E-state index in [9.17, 15) is 9.59 Å². The van der Waals surface area contributed by atoms with Crippen LogP contribution in [-0.2, 0) is 20.7 Å². The molecule has 0 aliphatic heterocycles. The van der Waals surface area contributed by atoms with E-state index in [2.05, 4.69) is 61.2 Å². The molecule has 4 rings (SSSR count). The number of carbonyl (C=O) groups is 2. The summed E-state index contributed by atoms with van der Waals surface area (Å²) in [5.74, 6) is -0.316. The lowest BCUT2D eigenvalue weighted by atomic mass is 9.90. The van der Waals surface area contributed by atoms with Crippen LogP contribution in [0.25, 0.3) is 32.3 Å². The van der Waals surface area contributed by atoms with Crippen molar-refractivity contribution in [1.29, 1.82) is 0 Å². The predicted octanol–water partition coefficient (Wildman–Crippen LogP) is 5.99. The second kappa shape index (κ2) is 8.04. The van der Waals surface area contributed by atoms with Gasteiger partial charge in [0.1, 0.15) is 0 Å². The third kappa shape index (κ3) is 3.86. The summed E-state index contributed by atoms with van der Waals surface area (Å²) in [6, 6.07) is 19.5. The number of hydrogen-bond acceptors (Lipinski definition) is 3. The summed E-state index contributed by atoms with van der Waals surface area (Å²) in [5.41, 5.74) is 1.75. The maximum atomic E-state index is 12.0. The number of ketones is 1. The van der Waals surface area contributed by atoms with Crippen LogP contribution in [0, 0.1) is 0 Å². The molecule has 0 bridgehead atoms. The second-order valence-corrected chi connectivity index (χ2v) is 7.61. The molecule has 0 amide bonds. The maximum absolute atomic E-state index is 12.0. The number of aryl methyl sites for hydroxylation is 1. The van der Waals surface area contributed by atoms with E-state index in [0.29, 0.717) is 12.0 Å². The molecule has 0 atom stereocenters. The summed E-state index contributed by atoms with van der Waals surface area (Å²) < 4.78 is 5.18. The van der Waals surface area contributed by atoms with Crippen molar-refractivity contribution in [2.75, 3.05) is 6.61 Å². The third-order valence-electron chi connectivity index (χ3n) is 5.51. The fraction of sp³-hybridized carbons (Fsp3) is 0.231. The minimum absolute atomic E-state index is 0.0635. The first-order valence-corrected chi connectivity index (χ1v) is 10.0. The average Bonchev–Trinajstić information content (AvgIpc) is 2.72. The van der Waals surface area contributed by atoms with Gasteiger partial charge in [0.25, 0.3) is 0 Å². The number of Topliss-reactive ketones (excluding diaryl/α,β-unsaturated/α-hetero) is 1. The highest BCUT2D eigenvalue weighted by Gasteiger charge is 2.11. The Morgan fingerprint density at radius 1 is 0.862 bits per heavy atom. The van der Waals surface area contributed by atoms with E-state index in [-0.39, 0.29) is 24.8 Å². The van der Waals surface area contributed by atoms with E-state index in [1.807, 2.05) is 0 Å². The van der Waals surface area contributed by atoms with Gasteiger partial charge in [0.2, 0.25) is 0 Å². The minimum atomic E-state index is -0.253. The number of hydrogen-bond donors (Lipinski definition) is 0. The van der Waals surface area contributed by atoms with Crippen molar-refractivity contribution in [3.8, 4) is 0 Å². The van der Waals surface area contributed by atoms with Crippen LogP contribution in [0.4, 0.5) is 0 Å². The highest BCUT2D eigenvalue weighted by molar-refractivity contribution is 6.23. The number of benzene rings is 4. The molecule has 146 valence electrons. The second-order valence-electron chi connectivity index (χ2n) is 7.61. The maximum Gasteiger partial charge on any atom is 0.305 e. The smallest absolute Gasteiger partial charge is 0.305 e. The quantitative estimate of drug-likeness (QED) is 0.213. The molecule has 0 N–H and O–H groups in total. The van der Waals surface area contributed by atoms with Crippen LogP contribution >= 0.6 is 0 Å². The van der Waals surface area contributed by atoms with Gasteiger partial charge in [-0.25, -0.2) is 0 Å². The molecule has 0 radical (unpaired) electrons. The monoisotopic (exact) mass is 384 g/mol. The molecule has 4 aromatic carbocycles. The molecule has 0 fully saturated rings. The van der Waals surface area contributed by atoms with E-state index in [0.717, 1.165) is 12.8 Å². The molecule has 0 unspecified atom stereocenters. The van der Waals surface area contributed by atoms with E-state index in [4.69, 9.17) is 4.74 Å². The largest absolute Gasteiger partial charge is 0.465 e. The van der Waals surface area contributed by atoms with Crippen molar-refractivity contribution in [3.05, 3.63) is 72.3 Å². The van der Waals surface area contributed by atoms with Gasteiger partial charge in [0, 0.05) is 12.8 Å². The molecule has 0 aromatic heterocycles. The summed E-state index contributed by atoms with van der Waals surface area (Å²) in [4.78, 5) is 23.5. The molecule has 0 aliphatic carbocycles. The van der Waals surface area contributed by atoms with Crippen LogP contribution in [0.5, 0.6) is 0 Å². The first-order valence-electron chi connectivity index (χ1n) is 10.0. The molecular formula is C26H24O3. The first-order chi connectivity index (χ1) is 14.0. The number of ether oxygens (including phenoxy) is 1. The number of esters is 1. The summed E-state index contributed by atoms with van der Waals surface area (Å²) in [5, 5.41) is 7.63. The lowest BCUT2D eigenvalue weighted by Gasteiger charge is -2.13. The van der Waals surface area contributed by atoms with Crippen LogP contribution < -0.4 is 0 Å². The van der Waals surface area contributed by atoms with Gasteiger partial charge >= 0.3 is 5.97 Å². The third-order valence-corrected chi connectivity index (χ3v) is 5.51. The topological polar surface area (TPSA) is 43.4 Å². The number of rotatable bonds is 8. The van der Waals surface area contributed by atoms with Gasteiger partial charge in [0.15, 0.2) is 5.78 Å². The Kier molecular flexibility index (Phi) is 5.30. The van der Waals surface area contributed by atoms with Gasteiger partial charge in [-0.15, -0.1) is 0 Å². The molecule has 29 heavy (non-hydrogen) atoms. The van der Waals surface area contributed by atoms with Gasteiger partial charge in [-0.3, -0.25) is 9.59 Å². The predicted molar refractivity (Wildman–Crippen MR) is 118 cm³/mol. The van der Waals surface area contributed by atoms with E-state index >= 15 is 0 Å². The zero-order chi connectivity index (χ0) is 20.4. The molecule has 0 saturated heterocycles. The Hall–Kier alpha value is -3.20. The number of allylic oxidation sites excluding steroid dienone is 1. The van der Waals surface area contributed by atoms with Crippen LogP contribution in [-0.4, -0.2) is 18.4 Å². The fourth-order valence-electron chi connectivity index (χ4n) is 3.98. The zero-order valence-corrected chi connectivity index (χ0v) is 16.7. The summed E-state index contributed by atoms with van der Waals surface area (Å²) in [6.07, 6.45) is 2.09. The first kappa shape index (κ1) is 19.1. The lowest BCUT2D eigenvalue weighted by Crippen LogP contribution is -2.10. The van der Waals surface area contributed by atoms with Gasteiger partial charge in [-0.2, -0.15) is 0 Å².